The van der Waals surface area contributed by atoms with E-state index < -0.39 is 17.5 Å². The van der Waals surface area contributed by atoms with Crippen molar-refractivity contribution in [2.75, 3.05) is 20.2 Å². The molecule has 1 aliphatic rings. The Hall–Kier alpha value is -1.08. The van der Waals surface area contributed by atoms with E-state index in [4.69, 9.17) is 4.74 Å². The first-order chi connectivity index (χ1) is 8.86. The SMILES string of the molecule is COC1(Cc2cn(C)nc2C(F)(F)F)CCNCC1. The molecular formula is C12H18F3N3O. The van der Waals surface area contributed by atoms with Gasteiger partial charge in [-0.05, 0) is 25.9 Å². The molecule has 0 radical (unpaired) electrons. The van der Waals surface area contributed by atoms with E-state index in [9.17, 15) is 13.2 Å². The molecule has 0 aliphatic carbocycles. The van der Waals surface area contributed by atoms with Crippen molar-refractivity contribution in [3.63, 3.8) is 0 Å². The predicted molar refractivity (Wildman–Crippen MR) is 63.8 cm³/mol. The van der Waals surface area contributed by atoms with Crippen molar-refractivity contribution in [2.24, 2.45) is 7.05 Å². The Labute approximate surface area is 109 Å². The number of piperidine rings is 1. The maximum absolute atomic E-state index is 12.9. The van der Waals surface area contributed by atoms with Gasteiger partial charge in [0.25, 0.3) is 0 Å². The fourth-order valence-electron chi connectivity index (χ4n) is 2.59. The summed E-state index contributed by atoms with van der Waals surface area (Å²) in [5, 5.41) is 6.72. The molecule has 108 valence electrons. The van der Waals surface area contributed by atoms with Crippen molar-refractivity contribution < 1.29 is 17.9 Å². The Kier molecular flexibility index (Phi) is 3.87. The highest BCUT2D eigenvalue weighted by Crippen LogP contribution is 2.34. The molecule has 0 amide bonds. The van der Waals surface area contributed by atoms with E-state index in [0.29, 0.717) is 12.8 Å². The van der Waals surface area contributed by atoms with E-state index in [1.165, 1.54) is 17.9 Å². The summed E-state index contributed by atoms with van der Waals surface area (Å²) in [5.74, 6) is 0. The number of halogens is 3. The molecule has 0 bridgehead atoms. The summed E-state index contributed by atoms with van der Waals surface area (Å²) in [5.41, 5.74) is -1.11. The summed E-state index contributed by atoms with van der Waals surface area (Å²) in [4.78, 5) is 0. The van der Waals surface area contributed by atoms with Crippen molar-refractivity contribution >= 4 is 0 Å². The second-order valence-electron chi connectivity index (χ2n) is 4.99. The van der Waals surface area contributed by atoms with Crippen LogP contribution in [0.4, 0.5) is 13.2 Å². The van der Waals surface area contributed by atoms with E-state index in [0.717, 1.165) is 13.1 Å². The summed E-state index contributed by atoms with van der Waals surface area (Å²) in [6.07, 6.45) is -1.33. The van der Waals surface area contributed by atoms with Crippen molar-refractivity contribution in [3.8, 4) is 0 Å². The fraction of sp³-hybridized carbons (Fsp3) is 0.750. The zero-order valence-electron chi connectivity index (χ0n) is 11.0. The summed E-state index contributed by atoms with van der Waals surface area (Å²) in [7, 11) is 3.07. The molecule has 0 saturated carbocycles. The van der Waals surface area contributed by atoms with Crippen LogP contribution in [0.5, 0.6) is 0 Å². The Balaban J connectivity index is 2.27. The summed E-state index contributed by atoms with van der Waals surface area (Å²) in [6.45, 7) is 1.52. The quantitative estimate of drug-likeness (QED) is 0.915. The van der Waals surface area contributed by atoms with Gasteiger partial charge in [0.05, 0.1) is 5.60 Å². The van der Waals surface area contributed by atoms with Crippen molar-refractivity contribution in [2.45, 2.75) is 31.0 Å². The Morgan fingerprint density at radius 1 is 1.42 bits per heavy atom. The van der Waals surface area contributed by atoms with Gasteiger partial charge in [-0.15, -0.1) is 0 Å². The number of aryl methyl sites for hydroxylation is 1. The summed E-state index contributed by atoms with van der Waals surface area (Å²) in [6, 6.07) is 0. The number of ether oxygens (including phenoxy) is 1. The van der Waals surface area contributed by atoms with E-state index in [1.807, 2.05) is 0 Å². The van der Waals surface area contributed by atoms with Gasteiger partial charge in [0.1, 0.15) is 0 Å². The number of rotatable bonds is 3. The predicted octanol–water partition coefficient (Wildman–Crippen LogP) is 1.75. The minimum absolute atomic E-state index is 0.207. The molecule has 1 saturated heterocycles. The summed E-state index contributed by atoms with van der Waals surface area (Å²) < 4.78 is 45.5. The van der Waals surface area contributed by atoms with Crippen LogP contribution in [0.1, 0.15) is 24.1 Å². The average Bonchev–Trinajstić information content (AvgIpc) is 2.71. The molecule has 2 heterocycles. The molecule has 0 unspecified atom stereocenters. The molecule has 0 spiro atoms. The van der Waals surface area contributed by atoms with Crippen LogP contribution in [0.2, 0.25) is 0 Å². The van der Waals surface area contributed by atoms with Gasteiger partial charge >= 0.3 is 6.18 Å². The van der Waals surface area contributed by atoms with Crippen molar-refractivity contribution in [3.05, 3.63) is 17.5 Å². The molecule has 1 fully saturated rings. The van der Waals surface area contributed by atoms with E-state index in [2.05, 4.69) is 10.4 Å². The number of nitrogens with one attached hydrogen (secondary N) is 1. The normalized spacial score (nSPS) is 19.6. The van der Waals surface area contributed by atoms with Crippen LogP contribution in [0, 0.1) is 0 Å². The first-order valence-corrected chi connectivity index (χ1v) is 6.22. The molecule has 19 heavy (non-hydrogen) atoms. The standard InChI is InChI=1S/C12H18F3N3O/c1-18-8-9(10(17-18)12(13,14)15)7-11(19-2)3-5-16-6-4-11/h8,16H,3-7H2,1-2H3. The Morgan fingerprint density at radius 2 is 2.05 bits per heavy atom. The number of methoxy groups -OCH3 is 1. The molecule has 1 aliphatic heterocycles. The highest BCUT2D eigenvalue weighted by molar-refractivity contribution is 5.22. The molecule has 1 aromatic rings. The Bertz CT molecular complexity index is 436. The van der Waals surface area contributed by atoms with Gasteiger partial charge in [-0.3, -0.25) is 4.68 Å². The second kappa shape index (κ2) is 5.13. The molecule has 0 aromatic carbocycles. The molecule has 2 rings (SSSR count). The topological polar surface area (TPSA) is 39.1 Å². The van der Waals surface area contributed by atoms with E-state index >= 15 is 0 Å². The average molecular weight is 277 g/mol. The van der Waals surface area contributed by atoms with Crippen LogP contribution in [-0.2, 0) is 24.4 Å². The fourth-order valence-corrected chi connectivity index (χ4v) is 2.59. The van der Waals surface area contributed by atoms with E-state index in [-0.39, 0.29) is 12.0 Å². The third kappa shape index (κ3) is 3.09. The van der Waals surface area contributed by atoms with Gasteiger partial charge in [0.2, 0.25) is 0 Å². The number of alkyl halides is 3. The second-order valence-corrected chi connectivity index (χ2v) is 4.99. The molecule has 7 heteroatoms. The number of nitrogens with zero attached hydrogens (tertiary/aromatic N) is 2. The zero-order chi connectivity index (χ0) is 14.1. The smallest absolute Gasteiger partial charge is 0.378 e. The lowest BCUT2D eigenvalue weighted by atomic mass is 9.86. The minimum Gasteiger partial charge on any atom is -0.378 e. The Morgan fingerprint density at radius 3 is 2.58 bits per heavy atom. The first kappa shape index (κ1) is 14.3. The third-order valence-electron chi connectivity index (χ3n) is 3.63. The van der Waals surface area contributed by atoms with Crippen molar-refractivity contribution in [1.82, 2.24) is 15.1 Å². The largest absolute Gasteiger partial charge is 0.435 e. The maximum Gasteiger partial charge on any atom is 0.435 e. The highest BCUT2D eigenvalue weighted by atomic mass is 19.4. The lowest BCUT2D eigenvalue weighted by molar-refractivity contribution is -0.142. The lowest BCUT2D eigenvalue weighted by Gasteiger charge is -2.36. The molecular weight excluding hydrogens is 259 g/mol. The van der Waals surface area contributed by atoms with Crippen LogP contribution in [0.15, 0.2) is 6.20 Å². The number of hydrogen-bond donors (Lipinski definition) is 1. The molecule has 1 aromatic heterocycles. The van der Waals surface area contributed by atoms with Gasteiger partial charge in [-0.1, -0.05) is 0 Å². The maximum atomic E-state index is 12.9. The number of hydrogen-bond acceptors (Lipinski definition) is 3. The zero-order valence-corrected chi connectivity index (χ0v) is 11.0. The first-order valence-electron chi connectivity index (χ1n) is 6.22. The van der Waals surface area contributed by atoms with Gasteiger partial charge in [-0.25, -0.2) is 0 Å². The monoisotopic (exact) mass is 277 g/mol. The van der Waals surface area contributed by atoms with Crippen LogP contribution < -0.4 is 5.32 Å². The van der Waals surface area contributed by atoms with Crippen LogP contribution in [0.25, 0.3) is 0 Å². The molecule has 0 atom stereocenters. The minimum atomic E-state index is -4.42. The van der Waals surface area contributed by atoms with Crippen LogP contribution in [0.3, 0.4) is 0 Å². The van der Waals surface area contributed by atoms with Crippen molar-refractivity contribution in [1.29, 1.82) is 0 Å². The van der Waals surface area contributed by atoms with Gasteiger partial charge in [-0.2, -0.15) is 18.3 Å². The van der Waals surface area contributed by atoms with E-state index in [1.54, 1.807) is 7.11 Å². The van der Waals surface area contributed by atoms with Gasteiger partial charge < -0.3 is 10.1 Å². The lowest BCUT2D eigenvalue weighted by Crippen LogP contribution is -2.45. The van der Waals surface area contributed by atoms with Crippen LogP contribution >= 0.6 is 0 Å². The summed E-state index contributed by atoms with van der Waals surface area (Å²) >= 11 is 0. The molecule has 4 nitrogen and oxygen atoms in total. The van der Waals surface area contributed by atoms with Gasteiger partial charge in [0.15, 0.2) is 5.69 Å². The highest BCUT2D eigenvalue weighted by Gasteiger charge is 2.40. The third-order valence-corrected chi connectivity index (χ3v) is 3.63. The molecule has 1 N–H and O–H groups in total. The number of aromatic nitrogens is 2. The van der Waals surface area contributed by atoms with Crippen LogP contribution in [-0.4, -0.2) is 35.6 Å². The van der Waals surface area contributed by atoms with Gasteiger partial charge in [0, 0.05) is 32.3 Å².